The molecular weight excluding hydrogens is 342 g/mol. The summed E-state index contributed by atoms with van der Waals surface area (Å²) in [7, 11) is 0. The van der Waals surface area contributed by atoms with Gasteiger partial charge in [-0.05, 0) is 90.2 Å². The maximum Gasteiger partial charge on any atom is 0.113 e. The van der Waals surface area contributed by atoms with Crippen molar-refractivity contribution in [3.63, 3.8) is 0 Å². The van der Waals surface area contributed by atoms with Crippen molar-refractivity contribution in [3.8, 4) is 5.69 Å². The van der Waals surface area contributed by atoms with Gasteiger partial charge >= 0.3 is 0 Å². The second kappa shape index (κ2) is 5.79. The van der Waals surface area contributed by atoms with Gasteiger partial charge in [-0.3, -0.25) is 0 Å². The fourth-order valence-corrected chi connectivity index (χ4v) is 6.44. The van der Waals surface area contributed by atoms with Crippen LogP contribution in [0.25, 0.3) is 16.7 Å². The Hall–Kier alpha value is -2.42. The van der Waals surface area contributed by atoms with E-state index >= 15 is 0 Å². The van der Waals surface area contributed by atoms with Gasteiger partial charge in [0.1, 0.15) is 5.52 Å². The zero-order valence-corrected chi connectivity index (χ0v) is 16.7. The average molecular weight is 370 g/mol. The number of hydrogen-bond acceptors (Lipinski definition) is 2. The summed E-state index contributed by atoms with van der Waals surface area (Å²) in [5, 5.41) is 8.74. The average Bonchev–Trinajstić information content (AvgIpc) is 3.28. The van der Waals surface area contributed by atoms with Crippen molar-refractivity contribution in [2.75, 3.05) is 0 Å². The van der Waals surface area contributed by atoms with Gasteiger partial charge in [0.2, 0.25) is 0 Å². The van der Waals surface area contributed by atoms with Crippen LogP contribution < -0.4 is 0 Å². The molecule has 5 atom stereocenters. The van der Waals surface area contributed by atoms with E-state index in [-0.39, 0.29) is 0 Å². The standard InChI is InChI=1S/C25H27N3/c1-16-7-12-22-21-10-8-17-15-18(28-24-6-4-3-5-23(24)26-27-28)9-11-19(17)20(21)13-14-25(16,22)2/h3-7,9,11-12,15-16,20-22H,8,10,13-14H2,1-2H3/t16-,20?,21?,22?,25+/m0/s1. The highest BCUT2D eigenvalue weighted by atomic mass is 15.4. The molecule has 142 valence electrons. The van der Waals surface area contributed by atoms with Crippen molar-refractivity contribution < 1.29 is 0 Å². The van der Waals surface area contributed by atoms with E-state index < -0.39 is 0 Å². The van der Waals surface area contributed by atoms with Crippen LogP contribution in [-0.2, 0) is 6.42 Å². The van der Waals surface area contributed by atoms with Gasteiger partial charge in [0.15, 0.2) is 0 Å². The first kappa shape index (κ1) is 16.5. The molecule has 0 aliphatic heterocycles. The second-order valence-corrected chi connectivity index (χ2v) is 9.43. The van der Waals surface area contributed by atoms with Crippen LogP contribution in [0.1, 0.15) is 50.2 Å². The molecule has 0 bridgehead atoms. The summed E-state index contributed by atoms with van der Waals surface area (Å²) in [5.41, 5.74) is 6.78. The van der Waals surface area contributed by atoms with Gasteiger partial charge in [0, 0.05) is 0 Å². The molecular formula is C25H27N3. The van der Waals surface area contributed by atoms with E-state index in [2.05, 4.69) is 66.6 Å². The highest BCUT2D eigenvalue weighted by Crippen LogP contribution is 2.60. The summed E-state index contributed by atoms with van der Waals surface area (Å²) in [6.07, 6.45) is 10.2. The Bertz CT molecular complexity index is 1090. The molecule has 0 saturated heterocycles. The topological polar surface area (TPSA) is 30.7 Å². The SMILES string of the molecule is C[C@H]1C=CC2C3CCc4cc(-n5nnc6ccccc65)ccc4C3CC[C@@]21C. The highest BCUT2D eigenvalue weighted by molar-refractivity contribution is 5.76. The number of aromatic nitrogens is 3. The van der Waals surface area contributed by atoms with Gasteiger partial charge in [-0.15, -0.1) is 5.10 Å². The van der Waals surface area contributed by atoms with Gasteiger partial charge in [0.05, 0.1) is 11.2 Å². The van der Waals surface area contributed by atoms with E-state index in [9.17, 15) is 0 Å². The molecule has 0 spiro atoms. The van der Waals surface area contributed by atoms with E-state index in [0.717, 1.165) is 40.4 Å². The van der Waals surface area contributed by atoms with Crippen LogP contribution >= 0.6 is 0 Å². The van der Waals surface area contributed by atoms with Crippen molar-refractivity contribution in [3.05, 3.63) is 65.7 Å². The first-order valence-electron chi connectivity index (χ1n) is 10.8. The van der Waals surface area contributed by atoms with Crippen LogP contribution in [0.5, 0.6) is 0 Å². The lowest BCUT2D eigenvalue weighted by molar-refractivity contribution is 0.0488. The smallest absolute Gasteiger partial charge is 0.113 e. The fraction of sp³-hybridized carbons (Fsp3) is 0.440. The van der Waals surface area contributed by atoms with Crippen molar-refractivity contribution in [2.24, 2.45) is 23.2 Å². The van der Waals surface area contributed by atoms with Crippen LogP contribution in [0.3, 0.4) is 0 Å². The van der Waals surface area contributed by atoms with Crippen LogP contribution in [0.4, 0.5) is 0 Å². The Morgan fingerprint density at radius 1 is 1.07 bits per heavy atom. The second-order valence-electron chi connectivity index (χ2n) is 9.43. The lowest BCUT2D eigenvalue weighted by atomic mass is 9.54. The minimum Gasteiger partial charge on any atom is -0.213 e. The minimum absolute atomic E-state index is 0.484. The first-order valence-corrected chi connectivity index (χ1v) is 10.8. The quantitative estimate of drug-likeness (QED) is 0.516. The third-order valence-electron chi connectivity index (χ3n) is 8.25. The molecule has 3 heteroatoms. The van der Waals surface area contributed by atoms with Gasteiger partial charge in [-0.1, -0.05) is 49.4 Å². The molecule has 28 heavy (non-hydrogen) atoms. The molecule has 1 fully saturated rings. The third kappa shape index (κ3) is 2.16. The molecule has 3 unspecified atom stereocenters. The van der Waals surface area contributed by atoms with Crippen LogP contribution in [-0.4, -0.2) is 15.0 Å². The largest absolute Gasteiger partial charge is 0.213 e. The van der Waals surface area contributed by atoms with Crippen molar-refractivity contribution in [1.82, 2.24) is 15.0 Å². The van der Waals surface area contributed by atoms with Crippen molar-refractivity contribution >= 4 is 11.0 Å². The summed E-state index contributed by atoms with van der Waals surface area (Å²) >= 11 is 0. The van der Waals surface area contributed by atoms with Crippen molar-refractivity contribution in [2.45, 2.75) is 45.4 Å². The van der Waals surface area contributed by atoms with E-state index in [0.29, 0.717) is 5.41 Å². The zero-order valence-electron chi connectivity index (χ0n) is 16.7. The van der Waals surface area contributed by atoms with Crippen LogP contribution in [0, 0.1) is 23.2 Å². The Morgan fingerprint density at radius 3 is 2.89 bits per heavy atom. The number of hydrogen-bond donors (Lipinski definition) is 0. The number of allylic oxidation sites excluding steroid dienone is 2. The summed E-state index contributed by atoms with van der Waals surface area (Å²) < 4.78 is 1.99. The number of rotatable bonds is 1. The summed E-state index contributed by atoms with van der Waals surface area (Å²) in [5.74, 6) is 3.01. The molecule has 0 radical (unpaired) electrons. The van der Waals surface area contributed by atoms with Crippen LogP contribution in [0.2, 0.25) is 0 Å². The molecule has 1 saturated carbocycles. The van der Waals surface area contributed by atoms with Gasteiger partial charge in [-0.25, -0.2) is 4.68 Å². The minimum atomic E-state index is 0.484. The Labute approximate surface area is 166 Å². The van der Waals surface area contributed by atoms with E-state index in [1.807, 2.05) is 16.8 Å². The maximum atomic E-state index is 4.41. The molecule has 0 amide bonds. The van der Waals surface area contributed by atoms with E-state index in [4.69, 9.17) is 0 Å². The van der Waals surface area contributed by atoms with Gasteiger partial charge in [0.25, 0.3) is 0 Å². The number of aryl methyl sites for hydroxylation is 1. The Morgan fingerprint density at radius 2 is 1.96 bits per heavy atom. The molecule has 3 aromatic rings. The van der Waals surface area contributed by atoms with Gasteiger partial charge in [-0.2, -0.15) is 0 Å². The van der Waals surface area contributed by atoms with E-state index in [1.54, 1.807) is 5.56 Å². The zero-order chi connectivity index (χ0) is 18.9. The first-order chi connectivity index (χ1) is 13.6. The number of fused-ring (bicyclic) bond motifs is 6. The predicted molar refractivity (Wildman–Crippen MR) is 113 cm³/mol. The predicted octanol–water partition coefficient (Wildman–Crippen LogP) is 5.69. The summed E-state index contributed by atoms with van der Waals surface area (Å²) in [6.45, 7) is 4.95. The van der Waals surface area contributed by atoms with E-state index in [1.165, 1.54) is 31.2 Å². The normalized spacial score (nSPS) is 33.5. The third-order valence-corrected chi connectivity index (χ3v) is 8.25. The molecule has 1 aromatic heterocycles. The molecule has 3 aliphatic carbocycles. The monoisotopic (exact) mass is 369 g/mol. The molecule has 3 nitrogen and oxygen atoms in total. The van der Waals surface area contributed by atoms with Crippen LogP contribution in [0.15, 0.2) is 54.6 Å². The fourth-order valence-electron chi connectivity index (χ4n) is 6.44. The molecule has 1 heterocycles. The number of nitrogens with zero attached hydrogens (tertiary/aromatic N) is 3. The molecule has 0 N–H and O–H groups in total. The molecule has 6 rings (SSSR count). The van der Waals surface area contributed by atoms with Crippen molar-refractivity contribution in [1.29, 1.82) is 0 Å². The summed E-state index contributed by atoms with van der Waals surface area (Å²) in [6, 6.07) is 15.2. The Balaban J connectivity index is 1.38. The Kier molecular flexibility index (Phi) is 3.42. The lowest BCUT2D eigenvalue weighted by Crippen LogP contribution is -2.42. The lowest BCUT2D eigenvalue weighted by Gasteiger charge is -2.50. The van der Waals surface area contributed by atoms with Gasteiger partial charge < -0.3 is 0 Å². The maximum absolute atomic E-state index is 4.41. The molecule has 2 aromatic carbocycles. The number of benzene rings is 2. The summed E-state index contributed by atoms with van der Waals surface area (Å²) in [4.78, 5) is 0. The number of para-hydroxylation sites is 1. The highest BCUT2D eigenvalue weighted by Gasteiger charge is 2.51. The molecule has 3 aliphatic rings.